The number of ether oxygens (including phenoxy) is 1. The highest BCUT2D eigenvalue weighted by Crippen LogP contribution is 2.36. The molecule has 3 amide bonds. The van der Waals surface area contributed by atoms with Crippen molar-refractivity contribution >= 4 is 72.3 Å². The Hall–Kier alpha value is -6.06. The van der Waals surface area contributed by atoms with Crippen LogP contribution in [0.1, 0.15) is 77.1 Å². The van der Waals surface area contributed by atoms with E-state index in [1.165, 1.54) is 8.80 Å². The molecule has 0 saturated carbocycles. The number of piperidine rings is 2. The third kappa shape index (κ3) is 8.25. The average molecular weight is 813 g/mol. The Bertz CT molecular complexity index is 2630. The predicted octanol–water partition coefficient (Wildman–Crippen LogP) is 5.27. The average Bonchev–Trinajstić information content (AvgIpc) is 3.75. The molecule has 57 heavy (non-hydrogen) atoms. The first-order valence-electron chi connectivity index (χ1n) is 18.8. The van der Waals surface area contributed by atoms with Crippen molar-refractivity contribution in [2.75, 3.05) is 32.7 Å². The summed E-state index contributed by atoms with van der Waals surface area (Å²) in [6, 6.07) is 12.5. The van der Waals surface area contributed by atoms with Crippen molar-refractivity contribution in [1.29, 1.82) is 5.26 Å². The summed E-state index contributed by atoms with van der Waals surface area (Å²) in [6.45, 7) is 2.62. The van der Waals surface area contributed by atoms with Gasteiger partial charge < -0.3 is 30.1 Å². The third-order valence-corrected chi connectivity index (χ3v) is 12.1. The van der Waals surface area contributed by atoms with E-state index in [0.29, 0.717) is 72.9 Å². The maximum atomic E-state index is 13.1. The Morgan fingerprint density at radius 1 is 0.772 bits per heavy atom. The zero-order valence-electron chi connectivity index (χ0n) is 30.9. The minimum atomic E-state index is -0.481. The number of unbranched alkanes of at least 4 members (excludes halogenated alkanes) is 3. The number of thiophene rings is 2. The van der Waals surface area contributed by atoms with Gasteiger partial charge in [0.05, 0.1) is 6.07 Å². The number of nitrogens with zero attached hydrogens (tertiary/aromatic N) is 7. The molecule has 296 valence electrons. The molecule has 8 rings (SSSR count). The van der Waals surface area contributed by atoms with Gasteiger partial charge in [-0.1, -0.05) is 18.6 Å². The van der Waals surface area contributed by atoms with Crippen molar-refractivity contribution < 1.29 is 29.3 Å². The Morgan fingerprint density at radius 2 is 1.30 bits per heavy atom. The van der Waals surface area contributed by atoms with E-state index in [1.807, 2.05) is 0 Å². The molecule has 0 atom stereocenters. The Labute approximate surface area is 333 Å². The number of carbonyl (C=O) groups is 3. The lowest BCUT2D eigenvalue weighted by Crippen LogP contribution is -2.42. The lowest BCUT2D eigenvalue weighted by molar-refractivity contribution is 0.0426. The SMILES string of the molecule is N#CCCCCCNC(=O)OC1CCN(C(=O)c2sc3nc4ccccn4c(=O)c3c2O)CC1.O=C(c1sc2nc3ccccn3c(=O)c2c1O)N1CCCCC1. The summed E-state index contributed by atoms with van der Waals surface area (Å²) >= 11 is 2.09. The summed E-state index contributed by atoms with van der Waals surface area (Å²) < 4.78 is 8.16. The second-order valence-electron chi connectivity index (χ2n) is 13.8. The Kier molecular flexibility index (Phi) is 12.0. The highest BCUT2D eigenvalue weighted by Gasteiger charge is 2.31. The number of pyridine rings is 2. The predicted molar refractivity (Wildman–Crippen MR) is 214 cm³/mol. The second kappa shape index (κ2) is 17.4. The van der Waals surface area contributed by atoms with Crippen LogP contribution in [-0.2, 0) is 4.74 Å². The van der Waals surface area contributed by atoms with Gasteiger partial charge in [0.15, 0.2) is 11.5 Å². The molecule has 0 spiro atoms. The van der Waals surface area contributed by atoms with E-state index in [-0.39, 0.29) is 55.5 Å². The van der Waals surface area contributed by atoms with Gasteiger partial charge in [-0.15, -0.1) is 22.7 Å². The summed E-state index contributed by atoms with van der Waals surface area (Å²) in [5, 5.41) is 32.5. The van der Waals surface area contributed by atoms with E-state index in [4.69, 9.17) is 10.00 Å². The number of rotatable bonds is 8. The van der Waals surface area contributed by atoms with Gasteiger partial charge in [-0.2, -0.15) is 5.26 Å². The Morgan fingerprint density at radius 3 is 1.82 bits per heavy atom. The molecule has 0 radical (unpaired) electrons. The number of amides is 3. The van der Waals surface area contributed by atoms with Crippen LogP contribution in [0.2, 0.25) is 0 Å². The van der Waals surface area contributed by atoms with E-state index in [2.05, 4.69) is 21.4 Å². The van der Waals surface area contributed by atoms with Gasteiger partial charge in [0.25, 0.3) is 22.9 Å². The first-order chi connectivity index (χ1) is 27.7. The largest absolute Gasteiger partial charge is 0.505 e. The number of hydrogen-bond acceptors (Lipinski definition) is 13. The van der Waals surface area contributed by atoms with Crippen LogP contribution in [0.3, 0.4) is 0 Å². The number of alkyl carbamates (subject to hydrolysis) is 1. The lowest BCUT2D eigenvalue weighted by atomic mass is 10.1. The zero-order chi connectivity index (χ0) is 40.1. The molecule has 8 heterocycles. The first kappa shape index (κ1) is 39.2. The van der Waals surface area contributed by atoms with Gasteiger partial charge in [-0.25, -0.2) is 14.8 Å². The highest BCUT2D eigenvalue weighted by atomic mass is 32.1. The monoisotopic (exact) mass is 812 g/mol. The molecule has 2 aliphatic heterocycles. The lowest BCUT2D eigenvalue weighted by Gasteiger charge is -2.31. The maximum Gasteiger partial charge on any atom is 0.407 e. The molecular formula is C39H40N8O8S2. The maximum absolute atomic E-state index is 13.1. The molecule has 2 aliphatic rings. The van der Waals surface area contributed by atoms with Crippen molar-refractivity contribution in [2.24, 2.45) is 0 Å². The van der Waals surface area contributed by atoms with E-state index < -0.39 is 11.7 Å². The zero-order valence-corrected chi connectivity index (χ0v) is 32.5. The quantitative estimate of drug-likeness (QED) is 0.169. The summed E-state index contributed by atoms with van der Waals surface area (Å²) in [7, 11) is 0. The van der Waals surface area contributed by atoms with Gasteiger partial charge in [0.2, 0.25) is 0 Å². The molecule has 0 unspecified atom stereocenters. The number of nitrogens with one attached hydrogen (secondary N) is 1. The highest BCUT2D eigenvalue weighted by molar-refractivity contribution is 7.21. The fraction of sp³-hybridized carbons (Fsp3) is 0.385. The topological polar surface area (TPSA) is 212 Å². The molecule has 6 aromatic heterocycles. The number of likely N-dealkylation sites (tertiary alicyclic amines) is 2. The molecule has 16 nitrogen and oxygen atoms in total. The van der Waals surface area contributed by atoms with Gasteiger partial charge in [-0.05, 0) is 56.4 Å². The molecule has 6 aromatic rings. The number of carbonyl (C=O) groups excluding carboxylic acids is 3. The fourth-order valence-electron chi connectivity index (χ4n) is 6.95. The number of aromatic hydroxyl groups is 2. The van der Waals surface area contributed by atoms with Crippen LogP contribution in [0.5, 0.6) is 11.5 Å². The minimum absolute atomic E-state index is 0.0413. The molecule has 0 aromatic carbocycles. The third-order valence-electron chi connectivity index (χ3n) is 9.97. The van der Waals surface area contributed by atoms with Crippen LogP contribution in [0.15, 0.2) is 58.4 Å². The van der Waals surface area contributed by atoms with Crippen LogP contribution in [0, 0.1) is 11.3 Å². The molecule has 18 heteroatoms. The fourth-order valence-corrected chi connectivity index (χ4v) is 9.02. The van der Waals surface area contributed by atoms with Crippen LogP contribution < -0.4 is 16.4 Å². The Balaban J connectivity index is 0.000000187. The summed E-state index contributed by atoms with van der Waals surface area (Å²) in [6.07, 6.45) is 9.43. The van der Waals surface area contributed by atoms with Crippen LogP contribution in [0.25, 0.3) is 31.7 Å². The van der Waals surface area contributed by atoms with E-state index in [1.54, 1.807) is 58.6 Å². The summed E-state index contributed by atoms with van der Waals surface area (Å²) in [5.74, 6) is -1.16. The molecule has 2 fully saturated rings. The molecular weight excluding hydrogens is 773 g/mol. The van der Waals surface area contributed by atoms with Crippen LogP contribution in [0.4, 0.5) is 4.79 Å². The van der Waals surface area contributed by atoms with Gasteiger partial charge in [0, 0.05) is 64.4 Å². The van der Waals surface area contributed by atoms with Gasteiger partial charge >= 0.3 is 6.09 Å². The normalized spacial score (nSPS) is 14.7. The minimum Gasteiger partial charge on any atom is -0.505 e. The number of fused-ring (bicyclic) bond motifs is 4. The molecule has 0 bridgehead atoms. The van der Waals surface area contributed by atoms with Gasteiger partial charge in [-0.3, -0.25) is 28.0 Å². The van der Waals surface area contributed by atoms with E-state index in [0.717, 1.165) is 61.2 Å². The number of hydrogen-bond donors (Lipinski definition) is 3. The molecule has 3 N–H and O–H groups in total. The van der Waals surface area contributed by atoms with Gasteiger partial charge in [0.1, 0.15) is 47.6 Å². The number of nitriles is 1. The van der Waals surface area contributed by atoms with Crippen molar-refractivity contribution in [3.05, 3.63) is 79.3 Å². The first-order valence-corrected chi connectivity index (χ1v) is 20.4. The van der Waals surface area contributed by atoms with Crippen LogP contribution in [-0.4, -0.2) is 95.5 Å². The second-order valence-corrected chi connectivity index (χ2v) is 15.8. The van der Waals surface area contributed by atoms with E-state index >= 15 is 0 Å². The van der Waals surface area contributed by atoms with Crippen LogP contribution >= 0.6 is 22.7 Å². The molecule has 0 aliphatic carbocycles. The summed E-state index contributed by atoms with van der Waals surface area (Å²) in [5.41, 5.74) is 0.176. The van der Waals surface area contributed by atoms with Crippen molar-refractivity contribution in [1.82, 2.24) is 33.9 Å². The van der Waals surface area contributed by atoms with E-state index in [9.17, 15) is 34.2 Å². The van der Waals surface area contributed by atoms with Crippen molar-refractivity contribution in [3.63, 3.8) is 0 Å². The smallest absolute Gasteiger partial charge is 0.407 e. The standard InChI is InChI=1S/C23H25N5O5S.C16H15N3O3S/c24-10-4-1-2-5-11-25-23(32)33-15-8-13-27(14-9-15)22(31)19-18(29)17-20(34-19)26-16-7-3-6-12-28(16)21(17)30;20-12-11-14(17-10-6-2-5-9-19(10)15(11)21)23-13(12)16(22)18-7-3-1-4-8-18/h3,6-7,12,15,29H,1-2,4-5,8-9,11,13-14H2,(H,25,32);2,5-6,9,20H,1,3-4,7-8H2. The summed E-state index contributed by atoms with van der Waals surface area (Å²) in [4.78, 5) is 76.2. The van der Waals surface area contributed by atoms with Crippen molar-refractivity contribution in [3.8, 4) is 17.6 Å². The number of aromatic nitrogens is 4. The molecule has 2 saturated heterocycles. The van der Waals surface area contributed by atoms with Crippen molar-refractivity contribution in [2.45, 2.75) is 63.9 Å².